The second-order valence-electron chi connectivity index (χ2n) is 3.93. The average Bonchev–Trinajstić information content (AvgIpc) is 2.86. The van der Waals surface area contributed by atoms with Gasteiger partial charge in [-0.1, -0.05) is 31.2 Å². The van der Waals surface area contributed by atoms with Gasteiger partial charge in [0.05, 0.1) is 18.0 Å². The minimum atomic E-state index is -0.101. The van der Waals surface area contributed by atoms with E-state index in [1.165, 1.54) is 5.56 Å². The highest BCUT2D eigenvalue weighted by Crippen LogP contribution is 2.33. The molecule has 0 spiro atoms. The molecule has 1 heterocycles. The van der Waals surface area contributed by atoms with E-state index in [2.05, 4.69) is 31.2 Å². The van der Waals surface area contributed by atoms with Crippen molar-refractivity contribution in [3.8, 4) is 5.75 Å². The standard InChI is InChI=1S/C14H17NOS/c1-3-10-5-4-6-11(9-10)13(15)14-12(16-2)7-8-17-14/h4-9,13H,3,15H2,1-2H3. The summed E-state index contributed by atoms with van der Waals surface area (Å²) in [5, 5.41) is 2.01. The third-order valence-corrected chi connectivity index (χ3v) is 3.86. The van der Waals surface area contributed by atoms with E-state index >= 15 is 0 Å². The molecule has 1 atom stereocenters. The normalized spacial score (nSPS) is 12.4. The molecule has 17 heavy (non-hydrogen) atoms. The second kappa shape index (κ2) is 5.34. The van der Waals surface area contributed by atoms with Crippen LogP contribution in [0, 0.1) is 0 Å². The van der Waals surface area contributed by atoms with Gasteiger partial charge in [-0.05, 0) is 29.0 Å². The van der Waals surface area contributed by atoms with Gasteiger partial charge in [-0.3, -0.25) is 0 Å². The van der Waals surface area contributed by atoms with Gasteiger partial charge in [-0.25, -0.2) is 0 Å². The minimum Gasteiger partial charge on any atom is -0.496 e. The molecular weight excluding hydrogens is 230 g/mol. The van der Waals surface area contributed by atoms with Gasteiger partial charge in [0, 0.05) is 0 Å². The maximum atomic E-state index is 6.29. The molecule has 2 rings (SSSR count). The molecule has 0 radical (unpaired) electrons. The van der Waals surface area contributed by atoms with Crippen molar-refractivity contribution < 1.29 is 4.74 Å². The topological polar surface area (TPSA) is 35.2 Å². The number of nitrogens with two attached hydrogens (primary N) is 1. The molecule has 0 aliphatic heterocycles. The lowest BCUT2D eigenvalue weighted by Crippen LogP contribution is -2.11. The number of hydrogen-bond acceptors (Lipinski definition) is 3. The van der Waals surface area contributed by atoms with Gasteiger partial charge in [-0.2, -0.15) is 0 Å². The Kier molecular flexibility index (Phi) is 3.82. The molecule has 0 fully saturated rings. The molecular formula is C14H17NOS. The first-order valence-electron chi connectivity index (χ1n) is 5.72. The first-order valence-corrected chi connectivity index (χ1v) is 6.60. The number of rotatable bonds is 4. The zero-order valence-electron chi connectivity index (χ0n) is 10.1. The SMILES string of the molecule is CCc1cccc(C(N)c2sccc2OC)c1. The minimum absolute atomic E-state index is 0.101. The van der Waals surface area contributed by atoms with Gasteiger partial charge in [-0.15, -0.1) is 11.3 Å². The fourth-order valence-corrected chi connectivity index (χ4v) is 2.75. The first-order chi connectivity index (χ1) is 8.26. The Bertz CT molecular complexity index is 492. The second-order valence-corrected chi connectivity index (χ2v) is 4.88. The van der Waals surface area contributed by atoms with E-state index in [0.717, 1.165) is 22.6 Å². The van der Waals surface area contributed by atoms with Crippen LogP contribution in [0.5, 0.6) is 5.75 Å². The van der Waals surface area contributed by atoms with Crippen molar-refractivity contribution in [2.45, 2.75) is 19.4 Å². The Morgan fingerprint density at radius 1 is 1.35 bits per heavy atom. The summed E-state index contributed by atoms with van der Waals surface area (Å²) in [5.41, 5.74) is 8.75. The summed E-state index contributed by atoms with van der Waals surface area (Å²) < 4.78 is 5.31. The Morgan fingerprint density at radius 2 is 2.18 bits per heavy atom. The van der Waals surface area contributed by atoms with Crippen LogP contribution in [-0.4, -0.2) is 7.11 Å². The summed E-state index contributed by atoms with van der Waals surface area (Å²) in [6.07, 6.45) is 1.03. The summed E-state index contributed by atoms with van der Waals surface area (Å²) in [4.78, 5) is 1.08. The highest BCUT2D eigenvalue weighted by Gasteiger charge is 2.15. The predicted molar refractivity (Wildman–Crippen MR) is 72.7 cm³/mol. The van der Waals surface area contributed by atoms with Crippen molar-refractivity contribution in [1.29, 1.82) is 0 Å². The maximum absolute atomic E-state index is 6.29. The number of thiophene rings is 1. The van der Waals surface area contributed by atoms with Gasteiger partial charge < -0.3 is 10.5 Å². The van der Waals surface area contributed by atoms with Crippen molar-refractivity contribution in [3.05, 3.63) is 51.7 Å². The molecule has 2 nitrogen and oxygen atoms in total. The number of aryl methyl sites for hydroxylation is 1. The van der Waals surface area contributed by atoms with Crippen LogP contribution in [0.1, 0.15) is 29.0 Å². The smallest absolute Gasteiger partial charge is 0.134 e. The van der Waals surface area contributed by atoms with Crippen LogP contribution >= 0.6 is 11.3 Å². The van der Waals surface area contributed by atoms with Crippen LogP contribution in [-0.2, 0) is 6.42 Å². The van der Waals surface area contributed by atoms with Crippen LogP contribution in [0.2, 0.25) is 0 Å². The maximum Gasteiger partial charge on any atom is 0.134 e. The van der Waals surface area contributed by atoms with Crippen LogP contribution in [0.3, 0.4) is 0 Å². The number of benzene rings is 1. The molecule has 3 heteroatoms. The highest BCUT2D eigenvalue weighted by atomic mass is 32.1. The van der Waals surface area contributed by atoms with Gasteiger partial charge in [0.1, 0.15) is 5.75 Å². The van der Waals surface area contributed by atoms with E-state index in [9.17, 15) is 0 Å². The fourth-order valence-electron chi connectivity index (χ4n) is 1.86. The Hall–Kier alpha value is -1.32. The monoisotopic (exact) mass is 247 g/mol. The van der Waals surface area contributed by atoms with Gasteiger partial charge in [0.25, 0.3) is 0 Å². The molecule has 90 valence electrons. The van der Waals surface area contributed by atoms with Crippen LogP contribution < -0.4 is 10.5 Å². The number of hydrogen-bond donors (Lipinski definition) is 1. The van der Waals surface area contributed by atoms with E-state index in [4.69, 9.17) is 10.5 Å². The molecule has 2 N–H and O–H groups in total. The average molecular weight is 247 g/mol. The van der Waals surface area contributed by atoms with Gasteiger partial charge >= 0.3 is 0 Å². The van der Waals surface area contributed by atoms with Crippen LogP contribution in [0.4, 0.5) is 0 Å². The molecule has 0 saturated heterocycles. The highest BCUT2D eigenvalue weighted by molar-refractivity contribution is 7.10. The predicted octanol–water partition coefficient (Wildman–Crippen LogP) is 3.37. The molecule has 1 aromatic carbocycles. The Balaban J connectivity index is 2.33. The number of methoxy groups -OCH3 is 1. The quantitative estimate of drug-likeness (QED) is 0.899. The van der Waals surface area contributed by atoms with E-state index in [0.29, 0.717) is 0 Å². The molecule has 0 saturated carbocycles. The summed E-state index contributed by atoms with van der Waals surface area (Å²) in [7, 11) is 1.68. The lowest BCUT2D eigenvalue weighted by molar-refractivity contribution is 0.411. The van der Waals surface area contributed by atoms with Crippen molar-refractivity contribution in [3.63, 3.8) is 0 Å². The van der Waals surface area contributed by atoms with Crippen molar-refractivity contribution in [2.75, 3.05) is 7.11 Å². The molecule has 0 aliphatic rings. The molecule has 0 amide bonds. The zero-order chi connectivity index (χ0) is 12.3. The lowest BCUT2D eigenvalue weighted by atomic mass is 10.0. The van der Waals surface area contributed by atoms with Crippen LogP contribution in [0.25, 0.3) is 0 Å². The van der Waals surface area contributed by atoms with Gasteiger partial charge in [0.15, 0.2) is 0 Å². The van der Waals surface area contributed by atoms with E-state index in [-0.39, 0.29) is 6.04 Å². The summed E-state index contributed by atoms with van der Waals surface area (Å²) >= 11 is 1.64. The van der Waals surface area contributed by atoms with Crippen molar-refractivity contribution in [1.82, 2.24) is 0 Å². The first kappa shape index (κ1) is 12.1. The Labute approximate surface area is 106 Å². The molecule has 0 aliphatic carbocycles. The van der Waals surface area contributed by atoms with Crippen LogP contribution in [0.15, 0.2) is 35.7 Å². The van der Waals surface area contributed by atoms with Gasteiger partial charge in [0.2, 0.25) is 0 Å². The summed E-state index contributed by atoms with van der Waals surface area (Å²) in [5.74, 6) is 0.879. The number of ether oxygens (including phenoxy) is 1. The molecule has 1 aromatic heterocycles. The Morgan fingerprint density at radius 3 is 2.88 bits per heavy atom. The zero-order valence-corrected chi connectivity index (χ0v) is 11.0. The van der Waals surface area contributed by atoms with E-state index in [1.807, 2.05) is 11.4 Å². The third-order valence-electron chi connectivity index (χ3n) is 2.88. The van der Waals surface area contributed by atoms with E-state index in [1.54, 1.807) is 18.4 Å². The third kappa shape index (κ3) is 2.51. The lowest BCUT2D eigenvalue weighted by Gasteiger charge is -2.13. The molecule has 1 unspecified atom stereocenters. The van der Waals surface area contributed by atoms with Crippen molar-refractivity contribution in [2.24, 2.45) is 5.73 Å². The largest absolute Gasteiger partial charge is 0.496 e. The molecule has 2 aromatic rings. The summed E-state index contributed by atoms with van der Waals surface area (Å²) in [6.45, 7) is 2.15. The summed E-state index contributed by atoms with van der Waals surface area (Å²) in [6, 6.07) is 10.3. The fraction of sp³-hybridized carbons (Fsp3) is 0.286. The van der Waals surface area contributed by atoms with Crippen molar-refractivity contribution >= 4 is 11.3 Å². The molecule has 0 bridgehead atoms. The van der Waals surface area contributed by atoms with E-state index < -0.39 is 0 Å².